The number of aromatic nitrogens is 1. The van der Waals surface area contributed by atoms with E-state index in [-0.39, 0.29) is 12.1 Å². The molecule has 4 heteroatoms. The lowest BCUT2D eigenvalue weighted by Gasteiger charge is -2.21. The van der Waals surface area contributed by atoms with E-state index in [2.05, 4.69) is 10.4 Å². The van der Waals surface area contributed by atoms with Gasteiger partial charge in [0.1, 0.15) is 0 Å². The SMILES string of the molecule is NNC(Cc1ccncc1)C1CCCO1. The summed E-state index contributed by atoms with van der Waals surface area (Å²) in [5, 5.41) is 0. The summed E-state index contributed by atoms with van der Waals surface area (Å²) >= 11 is 0. The summed E-state index contributed by atoms with van der Waals surface area (Å²) < 4.78 is 5.62. The van der Waals surface area contributed by atoms with E-state index in [1.165, 1.54) is 5.56 Å². The number of hydrogen-bond acceptors (Lipinski definition) is 4. The fraction of sp³-hybridized carbons (Fsp3) is 0.545. The summed E-state index contributed by atoms with van der Waals surface area (Å²) in [6.07, 6.45) is 6.99. The highest BCUT2D eigenvalue weighted by molar-refractivity contribution is 5.12. The van der Waals surface area contributed by atoms with Crippen LogP contribution in [-0.4, -0.2) is 23.7 Å². The van der Waals surface area contributed by atoms with Gasteiger partial charge in [0.15, 0.2) is 0 Å². The maximum Gasteiger partial charge on any atom is 0.0745 e. The molecule has 1 aliphatic rings. The van der Waals surface area contributed by atoms with Crippen molar-refractivity contribution in [1.82, 2.24) is 10.4 Å². The van der Waals surface area contributed by atoms with Gasteiger partial charge in [-0.2, -0.15) is 0 Å². The van der Waals surface area contributed by atoms with Crippen molar-refractivity contribution in [2.45, 2.75) is 31.4 Å². The molecule has 82 valence electrons. The standard InChI is InChI=1S/C11H17N3O/c12-14-10(11-2-1-7-15-11)8-9-3-5-13-6-4-9/h3-6,10-11,14H,1-2,7-8,12H2. The number of rotatable bonds is 4. The molecule has 1 fully saturated rings. The van der Waals surface area contributed by atoms with Gasteiger partial charge in [-0.1, -0.05) is 0 Å². The molecule has 2 atom stereocenters. The Labute approximate surface area is 89.8 Å². The second kappa shape index (κ2) is 5.21. The van der Waals surface area contributed by atoms with Crippen molar-refractivity contribution in [2.75, 3.05) is 6.61 Å². The van der Waals surface area contributed by atoms with Crippen LogP contribution in [0.2, 0.25) is 0 Å². The average molecular weight is 207 g/mol. The predicted octanol–water partition coefficient (Wildman–Crippen LogP) is 0.635. The maximum absolute atomic E-state index is 5.62. The van der Waals surface area contributed by atoms with E-state index in [4.69, 9.17) is 10.6 Å². The van der Waals surface area contributed by atoms with E-state index >= 15 is 0 Å². The molecule has 4 nitrogen and oxygen atoms in total. The van der Waals surface area contributed by atoms with Gasteiger partial charge in [0.2, 0.25) is 0 Å². The van der Waals surface area contributed by atoms with Gasteiger partial charge < -0.3 is 4.74 Å². The number of pyridine rings is 1. The van der Waals surface area contributed by atoms with Crippen LogP contribution < -0.4 is 11.3 Å². The van der Waals surface area contributed by atoms with Gasteiger partial charge in [-0.25, -0.2) is 0 Å². The summed E-state index contributed by atoms with van der Waals surface area (Å²) in [7, 11) is 0. The Kier molecular flexibility index (Phi) is 3.66. The van der Waals surface area contributed by atoms with Crippen molar-refractivity contribution in [3.8, 4) is 0 Å². The van der Waals surface area contributed by atoms with Gasteiger partial charge in [-0.3, -0.25) is 16.3 Å². The number of ether oxygens (including phenoxy) is 1. The first-order valence-electron chi connectivity index (χ1n) is 5.37. The topological polar surface area (TPSA) is 60.2 Å². The summed E-state index contributed by atoms with van der Waals surface area (Å²) in [6, 6.07) is 4.23. The number of hydrogen-bond donors (Lipinski definition) is 2. The Balaban J connectivity index is 1.96. The molecule has 2 heterocycles. The number of nitrogens with two attached hydrogens (primary N) is 1. The normalized spacial score (nSPS) is 22.9. The molecule has 0 bridgehead atoms. The fourth-order valence-electron chi connectivity index (χ4n) is 1.99. The summed E-state index contributed by atoms with van der Waals surface area (Å²) in [6.45, 7) is 0.860. The van der Waals surface area contributed by atoms with Crippen molar-refractivity contribution in [2.24, 2.45) is 5.84 Å². The highest BCUT2D eigenvalue weighted by Crippen LogP contribution is 2.17. The molecule has 1 aromatic heterocycles. The number of nitrogens with one attached hydrogen (secondary N) is 1. The minimum absolute atomic E-state index is 0.204. The first-order chi connectivity index (χ1) is 7.40. The van der Waals surface area contributed by atoms with E-state index in [1.54, 1.807) is 12.4 Å². The van der Waals surface area contributed by atoms with Gasteiger partial charge >= 0.3 is 0 Å². The van der Waals surface area contributed by atoms with Crippen LogP contribution in [0, 0.1) is 0 Å². The summed E-state index contributed by atoms with van der Waals surface area (Å²) in [4.78, 5) is 3.99. The molecule has 0 spiro atoms. The zero-order chi connectivity index (χ0) is 10.5. The van der Waals surface area contributed by atoms with Gasteiger partial charge in [0.25, 0.3) is 0 Å². The zero-order valence-corrected chi connectivity index (χ0v) is 8.73. The molecule has 2 rings (SSSR count). The van der Waals surface area contributed by atoms with Crippen LogP contribution in [0.1, 0.15) is 18.4 Å². The van der Waals surface area contributed by atoms with Crippen LogP contribution >= 0.6 is 0 Å². The first kappa shape index (κ1) is 10.5. The molecule has 0 aromatic carbocycles. The molecule has 1 aromatic rings. The maximum atomic E-state index is 5.62. The molecule has 15 heavy (non-hydrogen) atoms. The molecule has 0 saturated carbocycles. The van der Waals surface area contributed by atoms with Gasteiger partial charge in [-0.15, -0.1) is 0 Å². The average Bonchev–Trinajstić information content (AvgIpc) is 2.81. The van der Waals surface area contributed by atoms with E-state index in [0.717, 1.165) is 25.9 Å². The second-order valence-corrected chi connectivity index (χ2v) is 3.88. The van der Waals surface area contributed by atoms with Gasteiger partial charge in [0, 0.05) is 19.0 Å². The molecule has 2 unspecified atom stereocenters. The van der Waals surface area contributed by atoms with Crippen molar-refractivity contribution in [3.05, 3.63) is 30.1 Å². The van der Waals surface area contributed by atoms with Crippen LogP contribution in [0.4, 0.5) is 0 Å². The molecular formula is C11H17N3O. The Morgan fingerprint density at radius 1 is 1.53 bits per heavy atom. The van der Waals surface area contributed by atoms with Crippen LogP contribution in [0.15, 0.2) is 24.5 Å². The van der Waals surface area contributed by atoms with Crippen molar-refractivity contribution >= 4 is 0 Å². The van der Waals surface area contributed by atoms with Crippen LogP contribution in [0.5, 0.6) is 0 Å². The van der Waals surface area contributed by atoms with E-state index in [0.29, 0.717) is 0 Å². The van der Waals surface area contributed by atoms with Crippen molar-refractivity contribution < 1.29 is 4.74 Å². The number of nitrogens with zero attached hydrogens (tertiary/aromatic N) is 1. The van der Waals surface area contributed by atoms with E-state index in [9.17, 15) is 0 Å². The highest BCUT2D eigenvalue weighted by Gasteiger charge is 2.24. The minimum atomic E-state index is 0.204. The molecule has 0 radical (unpaired) electrons. The highest BCUT2D eigenvalue weighted by atomic mass is 16.5. The summed E-state index contributed by atoms with van der Waals surface area (Å²) in [5.41, 5.74) is 4.09. The molecule has 1 saturated heterocycles. The Hall–Kier alpha value is -0.970. The Bertz CT molecular complexity index is 285. The molecular weight excluding hydrogens is 190 g/mol. The summed E-state index contributed by atoms with van der Waals surface area (Å²) in [5.74, 6) is 5.55. The second-order valence-electron chi connectivity index (χ2n) is 3.88. The first-order valence-corrected chi connectivity index (χ1v) is 5.37. The van der Waals surface area contributed by atoms with Crippen LogP contribution in [0.3, 0.4) is 0 Å². The van der Waals surface area contributed by atoms with E-state index < -0.39 is 0 Å². The molecule has 0 aliphatic carbocycles. The Morgan fingerprint density at radius 3 is 2.93 bits per heavy atom. The fourth-order valence-corrected chi connectivity index (χ4v) is 1.99. The lowest BCUT2D eigenvalue weighted by molar-refractivity contribution is 0.0784. The van der Waals surface area contributed by atoms with Crippen molar-refractivity contribution in [1.29, 1.82) is 0 Å². The van der Waals surface area contributed by atoms with Gasteiger partial charge in [-0.05, 0) is 37.0 Å². The van der Waals surface area contributed by atoms with Crippen LogP contribution in [-0.2, 0) is 11.2 Å². The third-order valence-corrected chi connectivity index (χ3v) is 2.83. The third kappa shape index (κ3) is 2.75. The largest absolute Gasteiger partial charge is 0.377 e. The van der Waals surface area contributed by atoms with Gasteiger partial charge in [0.05, 0.1) is 12.1 Å². The molecule has 0 amide bonds. The van der Waals surface area contributed by atoms with E-state index in [1.807, 2.05) is 12.1 Å². The predicted molar refractivity (Wildman–Crippen MR) is 58.0 cm³/mol. The smallest absolute Gasteiger partial charge is 0.0745 e. The number of hydrazine groups is 1. The zero-order valence-electron chi connectivity index (χ0n) is 8.73. The molecule has 1 aliphatic heterocycles. The Morgan fingerprint density at radius 2 is 2.33 bits per heavy atom. The van der Waals surface area contributed by atoms with Crippen LogP contribution in [0.25, 0.3) is 0 Å². The minimum Gasteiger partial charge on any atom is -0.377 e. The molecule has 3 N–H and O–H groups in total. The van der Waals surface area contributed by atoms with Crippen molar-refractivity contribution in [3.63, 3.8) is 0 Å². The monoisotopic (exact) mass is 207 g/mol. The lowest BCUT2D eigenvalue weighted by Crippen LogP contribution is -2.45. The lowest BCUT2D eigenvalue weighted by atomic mass is 10.0. The quantitative estimate of drug-likeness (QED) is 0.562. The third-order valence-electron chi connectivity index (χ3n) is 2.83.